The largest absolute Gasteiger partial charge is 0.356 e. The Bertz CT molecular complexity index is 498. The summed E-state index contributed by atoms with van der Waals surface area (Å²) in [4.78, 5) is 3.52. The molecule has 1 aliphatic heterocycles. The maximum atomic E-state index is 3.72. The van der Waals surface area contributed by atoms with Crippen molar-refractivity contribution in [1.29, 1.82) is 0 Å². The number of H-pyrrole nitrogens is 1. The van der Waals surface area contributed by atoms with Crippen LogP contribution in [0.3, 0.4) is 0 Å². The van der Waals surface area contributed by atoms with E-state index < -0.39 is 0 Å². The van der Waals surface area contributed by atoms with E-state index in [-0.39, 0.29) is 0 Å². The monoisotopic (exact) mass is 278 g/mol. The van der Waals surface area contributed by atoms with E-state index in [0.717, 1.165) is 6.54 Å². The van der Waals surface area contributed by atoms with Gasteiger partial charge in [0.25, 0.3) is 0 Å². The molecule has 2 aromatic rings. The molecule has 1 atom stereocenters. The Balaban J connectivity index is 2.05. The number of halogens is 1. The summed E-state index contributed by atoms with van der Waals surface area (Å²) in [6.07, 6.45) is 3.85. The second-order valence-corrected chi connectivity index (χ2v) is 5.19. The van der Waals surface area contributed by atoms with Gasteiger partial charge in [0.05, 0.1) is 0 Å². The smallest absolute Gasteiger partial charge is 0.0484 e. The first kappa shape index (κ1) is 10.4. The molecule has 0 bridgehead atoms. The van der Waals surface area contributed by atoms with Crippen LogP contribution in [0.4, 0.5) is 0 Å². The van der Waals surface area contributed by atoms with Gasteiger partial charge >= 0.3 is 0 Å². The number of aromatic amines is 1. The van der Waals surface area contributed by atoms with Gasteiger partial charge in [0, 0.05) is 27.1 Å². The van der Waals surface area contributed by atoms with Crippen LogP contribution in [-0.2, 0) is 0 Å². The molecule has 0 radical (unpaired) electrons. The Hall–Kier alpha value is -0.800. The minimum absolute atomic E-state index is 0.482. The summed E-state index contributed by atoms with van der Waals surface area (Å²) < 4.78 is 1.22. The van der Waals surface area contributed by atoms with Gasteiger partial charge in [-0.2, -0.15) is 0 Å². The molecular formula is C13H15BrN2. The fraction of sp³-hybridized carbons (Fsp3) is 0.385. The zero-order valence-corrected chi connectivity index (χ0v) is 10.7. The lowest BCUT2D eigenvalue weighted by molar-refractivity contribution is 0.406. The molecule has 1 aromatic heterocycles. The second-order valence-electron chi connectivity index (χ2n) is 4.40. The molecule has 0 aliphatic carbocycles. The minimum atomic E-state index is 0.482. The third-order valence-corrected chi connectivity index (χ3v) is 4.18. The van der Waals surface area contributed by atoms with Crippen molar-refractivity contribution in [1.82, 2.24) is 10.3 Å². The summed E-state index contributed by atoms with van der Waals surface area (Å²) >= 11 is 3.72. The van der Waals surface area contributed by atoms with Crippen LogP contribution in [0, 0.1) is 0 Å². The summed E-state index contributed by atoms with van der Waals surface area (Å²) in [6.45, 7) is 1.13. The highest BCUT2D eigenvalue weighted by Gasteiger charge is 2.20. The Kier molecular flexibility index (Phi) is 2.74. The molecule has 2 nitrogen and oxygen atoms in total. The lowest BCUT2D eigenvalue weighted by atomic mass is 10.0. The predicted molar refractivity (Wildman–Crippen MR) is 70.6 cm³/mol. The third-order valence-electron chi connectivity index (χ3n) is 3.33. The quantitative estimate of drug-likeness (QED) is 0.817. The fourth-order valence-corrected chi connectivity index (χ4v) is 3.19. The van der Waals surface area contributed by atoms with Crippen molar-refractivity contribution in [3.63, 3.8) is 0 Å². The van der Waals surface area contributed by atoms with Crippen molar-refractivity contribution >= 4 is 26.8 Å². The van der Waals surface area contributed by atoms with Crippen molar-refractivity contribution in [2.24, 2.45) is 0 Å². The number of benzene rings is 1. The van der Waals surface area contributed by atoms with Gasteiger partial charge in [-0.05, 0) is 41.4 Å². The lowest BCUT2D eigenvalue weighted by Gasteiger charge is -2.22. The molecule has 3 rings (SSSR count). The van der Waals surface area contributed by atoms with Gasteiger partial charge < -0.3 is 10.3 Å². The van der Waals surface area contributed by atoms with Gasteiger partial charge in [0.15, 0.2) is 0 Å². The molecule has 84 valence electrons. The molecule has 1 aliphatic rings. The highest BCUT2D eigenvalue weighted by Crippen LogP contribution is 2.34. The van der Waals surface area contributed by atoms with E-state index in [1.165, 1.54) is 40.3 Å². The number of nitrogens with one attached hydrogen (secondary N) is 2. The summed E-state index contributed by atoms with van der Waals surface area (Å²) in [5, 5.41) is 4.86. The number of rotatable bonds is 1. The molecule has 2 N–H and O–H groups in total. The van der Waals surface area contributed by atoms with Crippen LogP contribution in [0.15, 0.2) is 28.7 Å². The van der Waals surface area contributed by atoms with Gasteiger partial charge in [-0.1, -0.05) is 24.6 Å². The highest BCUT2D eigenvalue weighted by atomic mass is 79.9. The Morgan fingerprint density at radius 2 is 2.06 bits per heavy atom. The van der Waals surface area contributed by atoms with Gasteiger partial charge in [-0.15, -0.1) is 0 Å². The van der Waals surface area contributed by atoms with Crippen molar-refractivity contribution < 1.29 is 0 Å². The molecule has 1 unspecified atom stereocenters. The van der Waals surface area contributed by atoms with E-state index in [1.807, 2.05) is 0 Å². The molecule has 16 heavy (non-hydrogen) atoms. The van der Waals surface area contributed by atoms with E-state index in [1.54, 1.807) is 0 Å². The minimum Gasteiger partial charge on any atom is -0.356 e. The van der Waals surface area contributed by atoms with E-state index in [4.69, 9.17) is 0 Å². The summed E-state index contributed by atoms with van der Waals surface area (Å²) in [6, 6.07) is 8.92. The van der Waals surface area contributed by atoms with Crippen LogP contribution < -0.4 is 5.32 Å². The molecular weight excluding hydrogens is 264 g/mol. The van der Waals surface area contributed by atoms with Crippen LogP contribution in [0.1, 0.15) is 31.0 Å². The van der Waals surface area contributed by atoms with Crippen LogP contribution in [-0.4, -0.2) is 11.5 Å². The molecule has 3 heteroatoms. The number of aromatic nitrogens is 1. The number of fused-ring (bicyclic) bond motifs is 1. The first-order valence-corrected chi connectivity index (χ1v) is 6.65. The zero-order valence-electron chi connectivity index (χ0n) is 9.09. The number of hydrogen-bond acceptors (Lipinski definition) is 1. The third kappa shape index (κ3) is 1.68. The Labute approximate surface area is 104 Å². The average Bonchev–Trinajstić information content (AvgIpc) is 2.69. The second kappa shape index (κ2) is 4.22. The number of piperidine rings is 1. The molecule has 0 amide bonds. The molecule has 1 aromatic carbocycles. The summed E-state index contributed by atoms with van der Waals surface area (Å²) in [5.41, 5.74) is 2.53. The predicted octanol–water partition coefficient (Wildman–Crippen LogP) is 3.75. The van der Waals surface area contributed by atoms with Crippen molar-refractivity contribution in [2.75, 3.05) is 6.54 Å². The first-order valence-electron chi connectivity index (χ1n) is 5.86. The molecule has 2 heterocycles. The highest BCUT2D eigenvalue weighted by molar-refractivity contribution is 9.10. The molecule has 1 fully saturated rings. The van der Waals surface area contributed by atoms with E-state index >= 15 is 0 Å². The SMILES string of the molecule is Brc1c(C2CCCCN2)[nH]c2ccccc12. The van der Waals surface area contributed by atoms with Crippen LogP contribution in [0.5, 0.6) is 0 Å². The topological polar surface area (TPSA) is 27.8 Å². The van der Waals surface area contributed by atoms with Crippen LogP contribution >= 0.6 is 15.9 Å². The van der Waals surface area contributed by atoms with Gasteiger partial charge in [0.1, 0.15) is 0 Å². The average molecular weight is 279 g/mol. The first-order chi connectivity index (χ1) is 7.86. The standard InChI is InChI=1S/C13H15BrN2/c14-12-9-5-1-2-6-10(9)16-13(12)11-7-3-4-8-15-11/h1-2,5-6,11,15-16H,3-4,7-8H2. The molecule has 1 saturated heterocycles. The van der Waals surface area contributed by atoms with Gasteiger partial charge in [-0.25, -0.2) is 0 Å². The lowest BCUT2D eigenvalue weighted by Crippen LogP contribution is -2.27. The van der Waals surface area contributed by atoms with Crippen molar-refractivity contribution in [3.8, 4) is 0 Å². The zero-order chi connectivity index (χ0) is 11.0. The van der Waals surface area contributed by atoms with Gasteiger partial charge in [-0.3, -0.25) is 0 Å². The Morgan fingerprint density at radius 3 is 2.81 bits per heavy atom. The van der Waals surface area contributed by atoms with Crippen molar-refractivity contribution in [2.45, 2.75) is 25.3 Å². The maximum Gasteiger partial charge on any atom is 0.0484 e. The van der Waals surface area contributed by atoms with Gasteiger partial charge in [0.2, 0.25) is 0 Å². The molecule has 0 saturated carbocycles. The fourth-order valence-electron chi connectivity index (χ4n) is 2.47. The van der Waals surface area contributed by atoms with E-state index in [9.17, 15) is 0 Å². The van der Waals surface area contributed by atoms with Crippen LogP contribution in [0.2, 0.25) is 0 Å². The normalized spacial score (nSPS) is 21.4. The Morgan fingerprint density at radius 1 is 1.19 bits per heavy atom. The molecule has 0 spiro atoms. The van der Waals surface area contributed by atoms with E-state index in [0.29, 0.717) is 6.04 Å². The van der Waals surface area contributed by atoms with E-state index in [2.05, 4.69) is 50.5 Å². The van der Waals surface area contributed by atoms with Crippen LogP contribution in [0.25, 0.3) is 10.9 Å². The number of para-hydroxylation sites is 1. The summed E-state index contributed by atoms with van der Waals surface area (Å²) in [5.74, 6) is 0. The summed E-state index contributed by atoms with van der Waals surface area (Å²) in [7, 11) is 0. The van der Waals surface area contributed by atoms with Crippen molar-refractivity contribution in [3.05, 3.63) is 34.4 Å². The number of hydrogen-bond donors (Lipinski definition) is 2. The maximum absolute atomic E-state index is 3.72.